The summed E-state index contributed by atoms with van der Waals surface area (Å²) in [6, 6.07) is 9.80. The van der Waals surface area contributed by atoms with Gasteiger partial charge in [-0.2, -0.15) is 10.2 Å². The van der Waals surface area contributed by atoms with E-state index in [1.807, 2.05) is 30.3 Å². The van der Waals surface area contributed by atoms with Gasteiger partial charge in [0, 0.05) is 5.56 Å². The average Bonchev–Trinajstić information content (AvgIpc) is 2.63. The summed E-state index contributed by atoms with van der Waals surface area (Å²) in [5, 5.41) is 7.87. The molecule has 2 aromatic rings. The first kappa shape index (κ1) is 8.29. The fraction of sp³-hybridized carbons (Fsp3) is 0.0833. The van der Waals surface area contributed by atoms with Crippen LogP contribution in [0.15, 0.2) is 36.5 Å². The Bertz CT molecular complexity index is 491. The van der Waals surface area contributed by atoms with Crippen molar-refractivity contribution in [1.82, 2.24) is 10.2 Å². The van der Waals surface area contributed by atoms with Gasteiger partial charge in [-0.1, -0.05) is 24.3 Å². The van der Waals surface area contributed by atoms with Gasteiger partial charge in [0.1, 0.15) is 6.29 Å². The van der Waals surface area contributed by atoms with Crippen molar-refractivity contribution in [3.63, 3.8) is 0 Å². The molecule has 1 aliphatic carbocycles. The van der Waals surface area contributed by atoms with Gasteiger partial charge in [-0.15, -0.1) is 0 Å². The third kappa shape index (κ3) is 1.03. The van der Waals surface area contributed by atoms with E-state index in [0.717, 1.165) is 28.7 Å². The van der Waals surface area contributed by atoms with E-state index in [2.05, 4.69) is 10.2 Å². The van der Waals surface area contributed by atoms with E-state index in [4.69, 9.17) is 0 Å². The van der Waals surface area contributed by atoms with Gasteiger partial charge in [0.2, 0.25) is 0 Å². The second-order valence-corrected chi connectivity index (χ2v) is 3.53. The lowest BCUT2D eigenvalue weighted by Crippen LogP contribution is -2.00. The Morgan fingerprint density at radius 3 is 2.87 bits per heavy atom. The van der Waals surface area contributed by atoms with Crippen LogP contribution in [0.25, 0.3) is 11.1 Å². The van der Waals surface area contributed by atoms with E-state index in [-0.39, 0.29) is 5.92 Å². The number of benzene rings is 1. The molecule has 3 heteroatoms. The first-order valence-corrected chi connectivity index (χ1v) is 4.78. The van der Waals surface area contributed by atoms with Crippen molar-refractivity contribution in [2.45, 2.75) is 5.92 Å². The normalized spacial score (nSPS) is 16.9. The van der Waals surface area contributed by atoms with E-state index in [1.165, 1.54) is 0 Å². The summed E-state index contributed by atoms with van der Waals surface area (Å²) in [6.45, 7) is 0. The molecule has 0 saturated heterocycles. The molecule has 3 nitrogen and oxygen atoms in total. The summed E-state index contributed by atoms with van der Waals surface area (Å²) in [5.74, 6) is -0.245. The summed E-state index contributed by atoms with van der Waals surface area (Å²) < 4.78 is 0. The highest BCUT2D eigenvalue weighted by Gasteiger charge is 2.29. The van der Waals surface area contributed by atoms with Crippen molar-refractivity contribution < 1.29 is 4.79 Å². The zero-order valence-corrected chi connectivity index (χ0v) is 7.92. The second-order valence-electron chi connectivity index (χ2n) is 3.53. The van der Waals surface area contributed by atoms with E-state index < -0.39 is 0 Å². The van der Waals surface area contributed by atoms with Crippen molar-refractivity contribution in [3.05, 3.63) is 47.8 Å². The van der Waals surface area contributed by atoms with Crippen LogP contribution in [-0.4, -0.2) is 16.5 Å². The molecule has 1 atom stereocenters. The van der Waals surface area contributed by atoms with Gasteiger partial charge in [-0.05, 0) is 17.2 Å². The molecular weight excluding hydrogens is 188 g/mol. The minimum atomic E-state index is -0.245. The van der Waals surface area contributed by atoms with Gasteiger partial charge in [0.05, 0.1) is 17.8 Å². The molecule has 0 bridgehead atoms. The van der Waals surface area contributed by atoms with Crippen LogP contribution in [-0.2, 0) is 4.79 Å². The van der Waals surface area contributed by atoms with Crippen molar-refractivity contribution in [2.75, 3.05) is 0 Å². The molecule has 0 saturated carbocycles. The number of fused-ring (bicyclic) bond motifs is 3. The summed E-state index contributed by atoms with van der Waals surface area (Å²) in [5.41, 5.74) is 3.92. The Morgan fingerprint density at radius 2 is 2.00 bits per heavy atom. The van der Waals surface area contributed by atoms with Crippen molar-refractivity contribution in [2.24, 2.45) is 0 Å². The van der Waals surface area contributed by atoms with Crippen LogP contribution in [0, 0.1) is 0 Å². The van der Waals surface area contributed by atoms with Crippen molar-refractivity contribution >= 4 is 6.29 Å². The highest BCUT2D eigenvalue weighted by Crippen LogP contribution is 2.41. The quantitative estimate of drug-likeness (QED) is 0.653. The van der Waals surface area contributed by atoms with Crippen LogP contribution in [0.1, 0.15) is 17.2 Å². The highest BCUT2D eigenvalue weighted by molar-refractivity contribution is 5.86. The third-order valence-corrected chi connectivity index (χ3v) is 2.77. The predicted octanol–water partition coefficient (Wildman–Crippen LogP) is 1.79. The molecule has 3 rings (SSSR count). The number of carbonyl (C=O) groups excluding carboxylic acids is 1. The van der Waals surface area contributed by atoms with Gasteiger partial charge >= 0.3 is 0 Å². The first-order chi connectivity index (χ1) is 7.42. The minimum Gasteiger partial charge on any atom is -0.302 e. The summed E-state index contributed by atoms with van der Waals surface area (Å²) in [4.78, 5) is 11.1. The number of aromatic nitrogens is 2. The summed E-state index contributed by atoms with van der Waals surface area (Å²) in [6.07, 6.45) is 2.59. The van der Waals surface area contributed by atoms with E-state index in [0.29, 0.717) is 0 Å². The number of nitrogens with zero attached hydrogens (tertiary/aromatic N) is 2. The van der Waals surface area contributed by atoms with Gasteiger partial charge in [0.25, 0.3) is 0 Å². The molecule has 0 amide bonds. The molecule has 1 aromatic heterocycles. The smallest absolute Gasteiger partial charge is 0.133 e. The summed E-state index contributed by atoms with van der Waals surface area (Å²) >= 11 is 0. The molecule has 0 aliphatic heterocycles. The average molecular weight is 196 g/mol. The van der Waals surface area contributed by atoms with E-state index in [9.17, 15) is 4.79 Å². The van der Waals surface area contributed by atoms with Crippen LogP contribution < -0.4 is 0 Å². The molecule has 1 aliphatic rings. The van der Waals surface area contributed by atoms with Gasteiger partial charge in [-0.25, -0.2) is 0 Å². The lowest BCUT2D eigenvalue weighted by atomic mass is 10.0. The molecule has 0 spiro atoms. The van der Waals surface area contributed by atoms with Gasteiger partial charge in [0.15, 0.2) is 0 Å². The number of hydrogen-bond acceptors (Lipinski definition) is 3. The lowest BCUT2D eigenvalue weighted by molar-refractivity contribution is -0.108. The number of carbonyl (C=O) groups is 1. The first-order valence-electron chi connectivity index (χ1n) is 4.78. The largest absolute Gasteiger partial charge is 0.302 e. The molecule has 1 heterocycles. The second kappa shape index (κ2) is 2.98. The maximum Gasteiger partial charge on any atom is 0.133 e. The summed E-state index contributed by atoms with van der Waals surface area (Å²) in [7, 11) is 0. The topological polar surface area (TPSA) is 42.9 Å². The van der Waals surface area contributed by atoms with Crippen LogP contribution in [0.5, 0.6) is 0 Å². The van der Waals surface area contributed by atoms with Gasteiger partial charge < -0.3 is 4.79 Å². The van der Waals surface area contributed by atoms with E-state index in [1.54, 1.807) is 6.20 Å². The van der Waals surface area contributed by atoms with Crippen LogP contribution >= 0.6 is 0 Å². The molecular formula is C12H8N2O. The van der Waals surface area contributed by atoms with Crippen LogP contribution in [0.2, 0.25) is 0 Å². The monoisotopic (exact) mass is 196 g/mol. The number of hydrogen-bond donors (Lipinski definition) is 0. The Hall–Kier alpha value is -2.03. The maximum absolute atomic E-state index is 11.1. The van der Waals surface area contributed by atoms with Crippen LogP contribution in [0.4, 0.5) is 0 Å². The minimum absolute atomic E-state index is 0.245. The predicted molar refractivity (Wildman–Crippen MR) is 55.4 cm³/mol. The van der Waals surface area contributed by atoms with Crippen molar-refractivity contribution in [1.29, 1.82) is 0 Å². The molecule has 0 fully saturated rings. The fourth-order valence-corrected chi connectivity index (χ4v) is 2.10. The zero-order valence-electron chi connectivity index (χ0n) is 7.92. The van der Waals surface area contributed by atoms with E-state index >= 15 is 0 Å². The maximum atomic E-state index is 11.1. The molecule has 0 radical (unpaired) electrons. The fourth-order valence-electron chi connectivity index (χ4n) is 2.10. The van der Waals surface area contributed by atoms with Crippen LogP contribution in [0.3, 0.4) is 0 Å². The third-order valence-electron chi connectivity index (χ3n) is 2.77. The Kier molecular flexibility index (Phi) is 1.65. The zero-order chi connectivity index (χ0) is 10.3. The van der Waals surface area contributed by atoms with Crippen molar-refractivity contribution in [3.8, 4) is 11.1 Å². The Balaban J connectivity index is 2.35. The number of aldehydes is 1. The SMILES string of the molecule is O=CC1c2ccccc2-c2ccnnc21. The Labute approximate surface area is 86.8 Å². The molecule has 0 N–H and O–H groups in total. The Morgan fingerprint density at radius 1 is 1.13 bits per heavy atom. The van der Waals surface area contributed by atoms with Gasteiger partial charge in [-0.3, -0.25) is 0 Å². The lowest BCUT2D eigenvalue weighted by Gasteiger charge is -2.01. The molecule has 1 unspecified atom stereocenters. The molecule has 1 aromatic carbocycles. The standard InChI is InChI=1S/C12H8N2O/c15-7-11-9-4-2-1-3-8(9)10-5-6-13-14-12(10)11/h1-7,11H. The molecule has 15 heavy (non-hydrogen) atoms. The molecule has 72 valence electrons. The highest BCUT2D eigenvalue weighted by atomic mass is 16.1. The number of rotatable bonds is 1.